The molecule has 1 aromatic carbocycles. The van der Waals surface area contributed by atoms with E-state index >= 15 is 0 Å². The molecule has 5 heteroatoms. The highest BCUT2D eigenvalue weighted by atomic mass is 16.5. The average Bonchev–Trinajstić information content (AvgIpc) is 2.63. The number of nitrogens with zero attached hydrogens (tertiary/aromatic N) is 3. The number of methoxy groups -OCH3 is 1. The molecule has 0 bridgehead atoms. The summed E-state index contributed by atoms with van der Waals surface area (Å²) >= 11 is 0. The van der Waals surface area contributed by atoms with Crippen LogP contribution in [0, 0.1) is 0 Å². The number of ether oxygens (including phenoxy) is 1. The molecule has 0 unspecified atom stereocenters. The van der Waals surface area contributed by atoms with Crippen LogP contribution in [-0.4, -0.2) is 49.3 Å². The maximum atomic E-state index is 5.22. The summed E-state index contributed by atoms with van der Waals surface area (Å²) < 4.78 is 5.22. The van der Waals surface area contributed by atoms with Crippen molar-refractivity contribution in [1.29, 1.82) is 0 Å². The zero-order valence-electron chi connectivity index (χ0n) is 13.9. The van der Waals surface area contributed by atoms with Crippen LogP contribution in [0.3, 0.4) is 0 Å². The maximum Gasteiger partial charge on any atom is 0.225 e. The van der Waals surface area contributed by atoms with Crippen LogP contribution in [0.5, 0.6) is 5.75 Å². The first kappa shape index (κ1) is 15.7. The summed E-state index contributed by atoms with van der Waals surface area (Å²) in [7, 11) is 1.71. The third-order valence-electron chi connectivity index (χ3n) is 4.64. The first-order valence-electron chi connectivity index (χ1n) is 8.26. The lowest BCUT2D eigenvalue weighted by Gasteiger charge is -2.35. The second-order valence-electron chi connectivity index (χ2n) is 6.15. The lowest BCUT2D eigenvalue weighted by molar-refractivity contribution is -0.923. The summed E-state index contributed by atoms with van der Waals surface area (Å²) in [6.45, 7) is 6.65. The molecule has 0 radical (unpaired) electrons. The SMILES string of the molecule is COc1ccc(C[C@H](C)[NH+]2CCN(c3ncccn3)CC2)cc1. The molecule has 0 aliphatic carbocycles. The van der Waals surface area contributed by atoms with Gasteiger partial charge in [0.15, 0.2) is 0 Å². The molecule has 3 rings (SSSR count). The van der Waals surface area contributed by atoms with Crippen molar-refractivity contribution in [1.82, 2.24) is 9.97 Å². The minimum Gasteiger partial charge on any atom is -0.497 e. The molecule has 1 aliphatic heterocycles. The molecule has 1 fully saturated rings. The van der Waals surface area contributed by atoms with E-state index in [1.54, 1.807) is 12.0 Å². The molecule has 1 atom stereocenters. The third-order valence-corrected chi connectivity index (χ3v) is 4.64. The van der Waals surface area contributed by atoms with Crippen LogP contribution in [0.15, 0.2) is 42.7 Å². The van der Waals surface area contributed by atoms with Gasteiger partial charge in [0.05, 0.1) is 39.3 Å². The zero-order chi connectivity index (χ0) is 16.1. The van der Waals surface area contributed by atoms with Gasteiger partial charge in [-0.1, -0.05) is 12.1 Å². The Hall–Kier alpha value is -2.14. The molecule has 5 nitrogen and oxygen atoms in total. The predicted molar refractivity (Wildman–Crippen MR) is 91.1 cm³/mol. The van der Waals surface area contributed by atoms with E-state index in [1.807, 2.05) is 30.6 Å². The van der Waals surface area contributed by atoms with E-state index in [0.717, 1.165) is 44.3 Å². The van der Waals surface area contributed by atoms with Gasteiger partial charge in [0.1, 0.15) is 5.75 Å². The second kappa shape index (κ2) is 7.42. The van der Waals surface area contributed by atoms with E-state index < -0.39 is 0 Å². The van der Waals surface area contributed by atoms with Crippen molar-refractivity contribution in [2.24, 2.45) is 0 Å². The van der Waals surface area contributed by atoms with Crippen molar-refractivity contribution in [3.05, 3.63) is 48.3 Å². The lowest BCUT2D eigenvalue weighted by Crippen LogP contribution is -3.18. The Kier molecular flexibility index (Phi) is 5.08. The quantitative estimate of drug-likeness (QED) is 0.888. The number of benzene rings is 1. The molecule has 0 saturated carbocycles. The second-order valence-corrected chi connectivity index (χ2v) is 6.15. The van der Waals surface area contributed by atoms with E-state index in [4.69, 9.17) is 4.74 Å². The molecule has 1 saturated heterocycles. The number of nitrogens with one attached hydrogen (secondary N) is 1. The van der Waals surface area contributed by atoms with Crippen molar-refractivity contribution in [2.75, 3.05) is 38.2 Å². The highest BCUT2D eigenvalue weighted by Crippen LogP contribution is 2.12. The number of quaternary nitrogens is 1. The van der Waals surface area contributed by atoms with Crippen LogP contribution < -0.4 is 14.5 Å². The Bertz CT molecular complexity index is 594. The number of piperazine rings is 1. The molecular formula is C18H25N4O+. The highest BCUT2D eigenvalue weighted by Gasteiger charge is 2.25. The van der Waals surface area contributed by atoms with E-state index in [0.29, 0.717) is 6.04 Å². The summed E-state index contributed by atoms with van der Waals surface area (Å²) in [5, 5.41) is 0. The van der Waals surface area contributed by atoms with Crippen LogP contribution in [0.4, 0.5) is 5.95 Å². The lowest BCUT2D eigenvalue weighted by atomic mass is 10.1. The van der Waals surface area contributed by atoms with Gasteiger partial charge in [0.2, 0.25) is 5.95 Å². The number of hydrogen-bond donors (Lipinski definition) is 1. The predicted octanol–water partition coefficient (Wildman–Crippen LogP) is 0.821. The fourth-order valence-electron chi connectivity index (χ4n) is 3.20. The van der Waals surface area contributed by atoms with Crippen molar-refractivity contribution >= 4 is 5.95 Å². The summed E-state index contributed by atoms with van der Waals surface area (Å²) in [4.78, 5) is 12.6. The number of anilines is 1. The van der Waals surface area contributed by atoms with Gasteiger partial charge in [-0.05, 0) is 30.7 Å². The standard InChI is InChI=1S/C18H24N4O/c1-15(14-16-4-6-17(23-2)7-5-16)21-10-12-22(13-11-21)18-19-8-3-9-20-18/h3-9,15H,10-14H2,1-2H3/p+1/t15-/m0/s1. The zero-order valence-corrected chi connectivity index (χ0v) is 13.9. The maximum absolute atomic E-state index is 5.22. The van der Waals surface area contributed by atoms with Crippen molar-refractivity contribution < 1.29 is 9.64 Å². The Balaban J connectivity index is 1.52. The smallest absolute Gasteiger partial charge is 0.225 e. The Morgan fingerprint density at radius 3 is 2.39 bits per heavy atom. The molecule has 0 spiro atoms. The van der Waals surface area contributed by atoms with Gasteiger partial charge in [-0.15, -0.1) is 0 Å². The van der Waals surface area contributed by atoms with E-state index in [2.05, 4.69) is 33.9 Å². The molecule has 122 valence electrons. The van der Waals surface area contributed by atoms with E-state index in [1.165, 1.54) is 5.56 Å². The van der Waals surface area contributed by atoms with Crippen molar-refractivity contribution in [2.45, 2.75) is 19.4 Å². The third kappa shape index (κ3) is 3.99. The topological polar surface area (TPSA) is 42.7 Å². The van der Waals surface area contributed by atoms with E-state index in [-0.39, 0.29) is 0 Å². The monoisotopic (exact) mass is 313 g/mol. The van der Waals surface area contributed by atoms with Crippen LogP contribution in [0.1, 0.15) is 12.5 Å². The minimum atomic E-state index is 0.613. The van der Waals surface area contributed by atoms with Gasteiger partial charge < -0.3 is 14.5 Å². The van der Waals surface area contributed by atoms with Gasteiger partial charge in [0, 0.05) is 18.8 Å². The van der Waals surface area contributed by atoms with Crippen molar-refractivity contribution in [3.8, 4) is 5.75 Å². The highest BCUT2D eigenvalue weighted by molar-refractivity contribution is 5.29. The molecule has 2 heterocycles. The molecule has 2 aromatic rings. The van der Waals surface area contributed by atoms with E-state index in [9.17, 15) is 0 Å². The fourth-order valence-corrected chi connectivity index (χ4v) is 3.20. The van der Waals surface area contributed by atoms with Gasteiger partial charge in [-0.2, -0.15) is 0 Å². The fraction of sp³-hybridized carbons (Fsp3) is 0.444. The van der Waals surface area contributed by atoms with Crippen LogP contribution in [0.2, 0.25) is 0 Å². The molecular weight excluding hydrogens is 288 g/mol. The van der Waals surface area contributed by atoms with Gasteiger partial charge in [-0.25, -0.2) is 9.97 Å². The summed E-state index contributed by atoms with van der Waals surface area (Å²) in [5.41, 5.74) is 1.37. The molecule has 0 amide bonds. The van der Waals surface area contributed by atoms with Crippen LogP contribution >= 0.6 is 0 Å². The Morgan fingerprint density at radius 1 is 1.13 bits per heavy atom. The Morgan fingerprint density at radius 2 is 1.78 bits per heavy atom. The van der Waals surface area contributed by atoms with Gasteiger partial charge in [-0.3, -0.25) is 0 Å². The number of rotatable bonds is 5. The van der Waals surface area contributed by atoms with Crippen LogP contribution in [0.25, 0.3) is 0 Å². The summed E-state index contributed by atoms with van der Waals surface area (Å²) in [6, 6.07) is 10.9. The van der Waals surface area contributed by atoms with Crippen molar-refractivity contribution in [3.63, 3.8) is 0 Å². The minimum absolute atomic E-state index is 0.613. The first-order chi connectivity index (χ1) is 11.3. The normalized spacial score (nSPS) is 17.0. The molecule has 1 aliphatic rings. The van der Waals surface area contributed by atoms with Crippen LogP contribution in [-0.2, 0) is 6.42 Å². The molecule has 23 heavy (non-hydrogen) atoms. The largest absolute Gasteiger partial charge is 0.497 e. The molecule has 1 aromatic heterocycles. The average molecular weight is 313 g/mol. The number of hydrogen-bond acceptors (Lipinski definition) is 4. The van der Waals surface area contributed by atoms with Gasteiger partial charge >= 0.3 is 0 Å². The molecule has 1 N–H and O–H groups in total. The first-order valence-corrected chi connectivity index (χ1v) is 8.26. The Labute approximate surface area is 137 Å². The summed E-state index contributed by atoms with van der Waals surface area (Å²) in [5.74, 6) is 1.78. The van der Waals surface area contributed by atoms with Gasteiger partial charge in [0.25, 0.3) is 0 Å². The summed E-state index contributed by atoms with van der Waals surface area (Å²) in [6.07, 6.45) is 4.73. The number of aromatic nitrogens is 2.